The molecular formula is C18H19Br2N. The molecule has 1 aliphatic heterocycles. The van der Waals surface area contributed by atoms with Crippen LogP contribution in [0.25, 0.3) is 0 Å². The van der Waals surface area contributed by atoms with Gasteiger partial charge in [-0.05, 0) is 60.7 Å². The van der Waals surface area contributed by atoms with Crippen LogP contribution in [0.5, 0.6) is 0 Å². The maximum absolute atomic E-state index is 3.77. The van der Waals surface area contributed by atoms with Crippen molar-refractivity contribution >= 4 is 31.9 Å². The molecule has 21 heavy (non-hydrogen) atoms. The van der Waals surface area contributed by atoms with Gasteiger partial charge in [0.25, 0.3) is 0 Å². The molecular weight excluding hydrogens is 390 g/mol. The summed E-state index contributed by atoms with van der Waals surface area (Å²) in [6, 6.07) is 15.5. The van der Waals surface area contributed by atoms with Crippen LogP contribution in [-0.2, 0) is 0 Å². The SMILES string of the molecule is Cc1ccc(C2CCNCC2c2cccc(Br)c2)c(Br)c1. The third-order valence-corrected chi connectivity index (χ3v) is 5.49. The Morgan fingerprint density at radius 1 is 1.05 bits per heavy atom. The minimum absolute atomic E-state index is 0.523. The van der Waals surface area contributed by atoms with Crippen LogP contribution in [0.15, 0.2) is 51.4 Å². The standard InChI is InChI=1S/C18H19Br2N/c1-12-5-6-16(18(20)9-12)15-7-8-21-11-17(15)13-3-2-4-14(19)10-13/h2-6,9-10,15,17,21H,7-8,11H2,1H3. The molecule has 0 bridgehead atoms. The summed E-state index contributed by atoms with van der Waals surface area (Å²) < 4.78 is 2.40. The van der Waals surface area contributed by atoms with Gasteiger partial charge in [-0.1, -0.05) is 56.1 Å². The van der Waals surface area contributed by atoms with Crippen molar-refractivity contribution in [2.45, 2.75) is 25.2 Å². The van der Waals surface area contributed by atoms with Crippen LogP contribution < -0.4 is 5.32 Å². The second kappa shape index (κ2) is 6.64. The highest BCUT2D eigenvalue weighted by molar-refractivity contribution is 9.10. The van der Waals surface area contributed by atoms with Crippen molar-refractivity contribution in [2.24, 2.45) is 0 Å². The minimum atomic E-state index is 0.523. The maximum atomic E-state index is 3.77. The van der Waals surface area contributed by atoms with E-state index in [1.165, 1.54) is 27.6 Å². The summed E-state index contributed by atoms with van der Waals surface area (Å²) >= 11 is 7.37. The van der Waals surface area contributed by atoms with Crippen LogP contribution in [0.1, 0.15) is 34.9 Å². The fourth-order valence-corrected chi connectivity index (χ4v) is 4.46. The number of piperidine rings is 1. The molecule has 2 aromatic rings. The summed E-state index contributed by atoms with van der Waals surface area (Å²) in [5.41, 5.74) is 4.15. The molecule has 1 nitrogen and oxygen atoms in total. The van der Waals surface area contributed by atoms with E-state index < -0.39 is 0 Å². The van der Waals surface area contributed by atoms with Crippen LogP contribution in [0, 0.1) is 6.92 Å². The predicted octanol–water partition coefficient (Wildman–Crippen LogP) is 5.38. The van der Waals surface area contributed by atoms with Gasteiger partial charge in [0.1, 0.15) is 0 Å². The van der Waals surface area contributed by atoms with E-state index in [1.807, 2.05) is 0 Å². The number of aryl methyl sites for hydroxylation is 1. The van der Waals surface area contributed by atoms with E-state index in [9.17, 15) is 0 Å². The molecule has 0 radical (unpaired) electrons. The molecule has 0 aromatic heterocycles. The van der Waals surface area contributed by atoms with Gasteiger partial charge in [0.2, 0.25) is 0 Å². The van der Waals surface area contributed by atoms with E-state index >= 15 is 0 Å². The summed E-state index contributed by atoms with van der Waals surface area (Å²) in [6.45, 7) is 4.28. The number of benzene rings is 2. The highest BCUT2D eigenvalue weighted by Crippen LogP contribution is 2.40. The van der Waals surface area contributed by atoms with Crippen molar-refractivity contribution < 1.29 is 0 Å². The highest BCUT2D eigenvalue weighted by atomic mass is 79.9. The fraction of sp³-hybridized carbons (Fsp3) is 0.333. The molecule has 2 atom stereocenters. The second-order valence-electron chi connectivity index (χ2n) is 5.79. The Hall–Kier alpha value is -0.640. The number of rotatable bonds is 2. The molecule has 110 valence electrons. The van der Waals surface area contributed by atoms with Crippen LogP contribution in [0.2, 0.25) is 0 Å². The first-order valence-electron chi connectivity index (χ1n) is 7.37. The second-order valence-corrected chi connectivity index (χ2v) is 7.56. The van der Waals surface area contributed by atoms with E-state index in [1.54, 1.807) is 0 Å². The van der Waals surface area contributed by atoms with Gasteiger partial charge in [-0.3, -0.25) is 0 Å². The van der Waals surface area contributed by atoms with E-state index in [2.05, 4.69) is 86.6 Å². The normalized spacial score (nSPS) is 22.2. The lowest BCUT2D eigenvalue weighted by atomic mass is 9.77. The Bertz CT molecular complexity index is 639. The number of halogens is 2. The molecule has 1 saturated heterocycles. The maximum Gasteiger partial charge on any atom is 0.0212 e. The van der Waals surface area contributed by atoms with Crippen LogP contribution in [-0.4, -0.2) is 13.1 Å². The van der Waals surface area contributed by atoms with Crippen LogP contribution >= 0.6 is 31.9 Å². The Labute approximate surface area is 143 Å². The zero-order chi connectivity index (χ0) is 14.8. The Morgan fingerprint density at radius 3 is 2.67 bits per heavy atom. The average molecular weight is 409 g/mol. The Balaban J connectivity index is 1.98. The summed E-state index contributed by atoms with van der Waals surface area (Å²) in [5.74, 6) is 1.09. The molecule has 1 fully saturated rings. The van der Waals surface area contributed by atoms with E-state index in [0.29, 0.717) is 11.8 Å². The van der Waals surface area contributed by atoms with E-state index in [4.69, 9.17) is 0 Å². The average Bonchev–Trinajstić information content (AvgIpc) is 2.47. The van der Waals surface area contributed by atoms with Gasteiger partial charge in [0, 0.05) is 21.4 Å². The van der Waals surface area contributed by atoms with Crippen molar-refractivity contribution in [2.75, 3.05) is 13.1 Å². The summed E-state index contributed by atoms with van der Waals surface area (Å²) in [4.78, 5) is 0. The first-order valence-corrected chi connectivity index (χ1v) is 8.96. The minimum Gasteiger partial charge on any atom is -0.316 e. The van der Waals surface area contributed by atoms with Crippen LogP contribution in [0.3, 0.4) is 0 Å². The van der Waals surface area contributed by atoms with Crippen molar-refractivity contribution in [3.8, 4) is 0 Å². The molecule has 0 spiro atoms. The topological polar surface area (TPSA) is 12.0 Å². The molecule has 3 rings (SSSR count). The fourth-order valence-electron chi connectivity index (χ4n) is 3.25. The molecule has 1 heterocycles. The molecule has 2 aromatic carbocycles. The number of hydrogen-bond donors (Lipinski definition) is 1. The number of nitrogens with one attached hydrogen (secondary N) is 1. The lowest BCUT2D eigenvalue weighted by Gasteiger charge is -2.33. The van der Waals surface area contributed by atoms with Gasteiger partial charge in [-0.25, -0.2) is 0 Å². The summed E-state index contributed by atoms with van der Waals surface area (Å²) in [5, 5.41) is 3.55. The first-order chi connectivity index (χ1) is 10.1. The summed E-state index contributed by atoms with van der Waals surface area (Å²) in [7, 11) is 0. The largest absolute Gasteiger partial charge is 0.316 e. The molecule has 0 aliphatic carbocycles. The lowest BCUT2D eigenvalue weighted by Crippen LogP contribution is -2.34. The van der Waals surface area contributed by atoms with Gasteiger partial charge in [-0.2, -0.15) is 0 Å². The monoisotopic (exact) mass is 407 g/mol. The van der Waals surface area contributed by atoms with Crippen molar-refractivity contribution in [1.29, 1.82) is 0 Å². The van der Waals surface area contributed by atoms with Crippen molar-refractivity contribution in [3.05, 3.63) is 68.1 Å². The highest BCUT2D eigenvalue weighted by Gasteiger charge is 2.29. The van der Waals surface area contributed by atoms with Gasteiger partial charge in [0.15, 0.2) is 0 Å². The van der Waals surface area contributed by atoms with Crippen LogP contribution in [0.4, 0.5) is 0 Å². The van der Waals surface area contributed by atoms with Gasteiger partial charge in [-0.15, -0.1) is 0 Å². The van der Waals surface area contributed by atoms with Gasteiger partial charge in [0.05, 0.1) is 0 Å². The number of hydrogen-bond acceptors (Lipinski definition) is 1. The Kier molecular flexibility index (Phi) is 4.82. The van der Waals surface area contributed by atoms with Gasteiger partial charge >= 0.3 is 0 Å². The molecule has 3 heteroatoms. The smallest absolute Gasteiger partial charge is 0.0212 e. The van der Waals surface area contributed by atoms with Crippen molar-refractivity contribution in [1.82, 2.24) is 5.32 Å². The lowest BCUT2D eigenvalue weighted by molar-refractivity contribution is 0.403. The van der Waals surface area contributed by atoms with E-state index in [0.717, 1.165) is 17.6 Å². The third-order valence-electron chi connectivity index (χ3n) is 4.31. The third kappa shape index (κ3) is 3.41. The quantitative estimate of drug-likeness (QED) is 0.703. The zero-order valence-corrected chi connectivity index (χ0v) is 15.2. The summed E-state index contributed by atoms with van der Waals surface area (Å²) in [6.07, 6.45) is 1.18. The predicted molar refractivity (Wildman–Crippen MR) is 96.0 cm³/mol. The van der Waals surface area contributed by atoms with E-state index in [-0.39, 0.29) is 0 Å². The Morgan fingerprint density at radius 2 is 1.90 bits per heavy atom. The molecule has 0 saturated carbocycles. The molecule has 0 amide bonds. The van der Waals surface area contributed by atoms with Gasteiger partial charge < -0.3 is 5.32 Å². The first kappa shape index (κ1) is 15.3. The molecule has 2 unspecified atom stereocenters. The van der Waals surface area contributed by atoms with Crippen molar-refractivity contribution in [3.63, 3.8) is 0 Å². The zero-order valence-electron chi connectivity index (χ0n) is 12.1. The molecule has 1 aliphatic rings. The molecule has 1 N–H and O–H groups in total.